The fraction of sp³-hybridized carbons (Fsp3) is 0.786. The molecule has 0 bridgehead atoms. The number of nitrogens with zero attached hydrogens (tertiary/aromatic N) is 4. The van der Waals surface area contributed by atoms with Gasteiger partial charge in [0.15, 0.2) is 0 Å². The summed E-state index contributed by atoms with van der Waals surface area (Å²) in [6, 6.07) is 0. The summed E-state index contributed by atoms with van der Waals surface area (Å²) in [7, 11) is 1.81. The van der Waals surface area contributed by atoms with Crippen molar-refractivity contribution in [2.75, 3.05) is 26.7 Å². The van der Waals surface area contributed by atoms with Gasteiger partial charge in [0.25, 0.3) is 0 Å². The summed E-state index contributed by atoms with van der Waals surface area (Å²) in [6.07, 6.45) is 1.63. The first-order valence-corrected chi connectivity index (χ1v) is 8.24. The molecule has 0 atom stereocenters. The molecule has 0 N–H and O–H groups in total. The van der Waals surface area contributed by atoms with E-state index in [2.05, 4.69) is 28.3 Å². The van der Waals surface area contributed by atoms with Gasteiger partial charge >= 0.3 is 6.09 Å². The van der Waals surface area contributed by atoms with Crippen molar-refractivity contribution >= 4 is 17.6 Å². The highest BCUT2D eigenvalue weighted by Gasteiger charge is 2.45. The van der Waals surface area contributed by atoms with Crippen LogP contribution in [0, 0.1) is 0 Å². The van der Waals surface area contributed by atoms with Crippen molar-refractivity contribution < 1.29 is 9.53 Å². The fourth-order valence-corrected chi connectivity index (χ4v) is 3.98. The van der Waals surface area contributed by atoms with Gasteiger partial charge in [0.05, 0.1) is 17.1 Å². The lowest BCUT2D eigenvalue weighted by atomic mass is 9.91. The Labute approximate surface area is 129 Å². The van der Waals surface area contributed by atoms with E-state index in [9.17, 15) is 4.79 Å². The molecule has 2 aliphatic rings. The first kappa shape index (κ1) is 14.7. The normalized spacial score (nSPS) is 22.3. The van der Waals surface area contributed by atoms with E-state index < -0.39 is 0 Å². The molecular formula is C14H22N4O2S. The molecule has 3 heterocycles. The average Bonchev–Trinajstić information content (AvgIpc) is 2.99. The van der Waals surface area contributed by atoms with Crippen LogP contribution < -0.4 is 0 Å². The lowest BCUT2D eigenvalue weighted by Gasteiger charge is -2.37. The number of ether oxygens (including phenoxy) is 1. The van der Waals surface area contributed by atoms with Crippen molar-refractivity contribution in [2.24, 2.45) is 0 Å². The number of likely N-dealkylation sites (N-methyl/N-ethyl adjacent to an activating group) is 1. The smallest absolute Gasteiger partial charge is 0.410 e. The average molecular weight is 310 g/mol. The monoisotopic (exact) mass is 310 g/mol. The number of rotatable bonds is 3. The van der Waals surface area contributed by atoms with Gasteiger partial charge in [-0.3, -0.25) is 4.90 Å². The molecule has 2 saturated heterocycles. The second-order valence-electron chi connectivity index (χ2n) is 6.42. The predicted molar refractivity (Wildman–Crippen MR) is 80.4 cm³/mol. The molecule has 6 nitrogen and oxygen atoms in total. The number of carbonyl (C=O) groups excluding carboxylic acids is 1. The van der Waals surface area contributed by atoms with Gasteiger partial charge in [-0.05, 0) is 17.5 Å². The molecule has 1 aromatic rings. The van der Waals surface area contributed by atoms with Crippen molar-refractivity contribution in [2.45, 2.75) is 44.8 Å². The number of hydrogen-bond acceptors (Lipinski definition) is 6. The summed E-state index contributed by atoms with van der Waals surface area (Å²) in [5, 5.41) is 4.24. The largest absolute Gasteiger partial charge is 0.441 e. The summed E-state index contributed by atoms with van der Waals surface area (Å²) in [5.74, 6) is 0.416. The number of hydrogen-bond donors (Lipinski definition) is 0. The van der Waals surface area contributed by atoms with E-state index >= 15 is 0 Å². The van der Waals surface area contributed by atoms with Crippen LogP contribution >= 0.6 is 11.5 Å². The van der Waals surface area contributed by atoms with E-state index in [1.54, 1.807) is 11.9 Å². The highest BCUT2D eigenvalue weighted by atomic mass is 32.1. The van der Waals surface area contributed by atoms with Crippen molar-refractivity contribution in [3.05, 3.63) is 10.6 Å². The number of piperidine rings is 1. The first-order chi connectivity index (χ1) is 9.99. The van der Waals surface area contributed by atoms with Crippen molar-refractivity contribution in [3.63, 3.8) is 0 Å². The predicted octanol–water partition coefficient (Wildman–Crippen LogP) is 2.08. The molecule has 1 amide bonds. The Bertz CT molecular complexity index is 523. The van der Waals surface area contributed by atoms with Crippen molar-refractivity contribution in [1.29, 1.82) is 0 Å². The molecule has 0 saturated carbocycles. The first-order valence-electron chi connectivity index (χ1n) is 7.47. The van der Waals surface area contributed by atoms with Crippen LogP contribution in [0.25, 0.3) is 0 Å². The molecule has 1 spiro atoms. The van der Waals surface area contributed by atoms with E-state index in [1.807, 2.05) is 0 Å². The minimum atomic E-state index is -0.255. The van der Waals surface area contributed by atoms with Gasteiger partial charge in [-0.2, -0.15) is 0 Å². The third-order valence-corrected chi connectivity index (χ3v) is 5.13. The molecule has 21 heavy (non-hydrogen) atoms. The minimum Gasteiger partial charge on any atom is -0.441 e. The van der Waals surface area contributed by atoms with Crippen LogP contribution in [0.5, 0.6) is 0 Å². The second kappa shape index (κ2) is 5.53. The minimum absolute atomic E-state index is 0.183. The topological polar surface area (TPSA) is 58.6 Å². The van der Waals surface area contributed by atoms with E-state index in [-0.39, 0.29) is 11.7 Å². The summed E-state index contributed by atoms with van der Waals surface area (Å²) in [6.45, 7) is 7.84. The second-order valence-corrected chi connectivity index (χ2v) is 7.26. The number of amides is 1. The number of aromatic nitrogens is 2. The van der Waals surface area contributed by atoms with Gasteiger partial charge in [-0.25, -0.2) is 4.79 Å². The van der Waals surface area contributed by atoms with Crippen LogP contribution in [0.2, 0.25) is 0 Å². The maximum Gasteiger partial charge on any atom is 0.410 e. The summed E-state index contributed by atoms with van der Waals surface area (Å²) >= 11 is 1.50. The Kier molecular flexibility index (Phi) is 3.88. The van der Waals surface area contributed by atoms with Crippen LogP contribution in [-0.2, 0) is 11.3 Å². The molecule has 116 valence electrons. The van der Waals surface area contributed by atoms with Crippen LogP contribution in [0.4, 0.5) is 4.79 Å². The molecule has 1 aromatic heterocycles. The molecule has 0 unspecified atom stereocenters. The summed E-state index contributed by atoms with van der Waals surface area (Å²) in [4.78, 5) is 16.9. The SMILES string of the molecule is CC(C)c1nnsc1CN1CCC2(CC1)CN(C)C(=O)O2. The Morgan fingerprint density at radius 2 is 2.10 bits per heavy atom. The zero-order valence-corrected chi connectivity index (χ0v) is 13.7. The van der Waals surface area contributed by atoms with Gasteiger partial charge in [0.2, 0.25) is 0 Å². The van der Waals surface area contributed by atoms with Crippen LogP contribution in [-0.4, -0.2) is 57.8 Å². The zero-order valence-electron chi connectivity index (χ0n) is 12.8. The maximum absolute atomic E-state index is 11.6. The van der Waals surface area contributed by atoms with Gasteiger partial charge in [0.1, 0.15) is 5.60 Å². The number of carbonyl (C=O) groups is 1. The molecule has 3 rings (SSSR count). The van der Waals surface area contributed by atoms with E-state index in [0.29, 0.717) is 5.92 Å². The third kappa shape index (κ3) is 2.89. The molecular weight excluding hydrogens is 288 g/mol. The van der Waals surface area contributed by atoms with Crippen LogP contribution in [0.1, 0.15) is 43.2 Å². The molecule has 0 aromatic carbocycles. The molecule has 0 aliphatic carbocycles. The zero-order chi connectivity index (χ0) is 15.0. The van der Waals surface area contributed by atoms with E-state index in [1.165, 1.54) is 16.4 Å². The Morgan fingerprint density at radius 3 is 2.67 bits per heavy atom. The summed E-state index contributed by atoms with van der Waals surface area (Å²) < 4.78 is 9.67. The fourth-order valence-electron chi connectivity index (χ4n) is 3.14. The highest BCUT2D eigenvalue weighted by Crippen LogP contribution is 2.33. The van der Waals surface area contributed by atoms with Crippen LogP contribution in [0.15, 0.2) is 0 Å². The Balaban J connectivity index is 1.59. The van der Waals surface area contributed by atoms with Gasteiger partial charge in [0, 0.05) is 39.5 Å². The van der Waals surface area contributed by atoms with E-state index in [0.717, 1.165) is 44.7 Å². The van der Waals surface area contributed by atoms with Gasteiger partial charge in [-0.1, -0.05) is 18.3 Å². The summed E-state index contributed by atoms with van der Waals surface area (Å²) in [5.41, 5.74) is 0.863. The highest BCUT2D eigenvalue weighted by molar-refractivity contribution is 7.05. The molecule has 7 heteroatoms. The van der Waals surface area contributed by atoms with Crippen LogP contribution in [0.3, 0.4) is 0 Å². The van der Waals surface area contributed by atoms with E-state index in [4.69, 9.17) is 4.74 Å². The Morgan fingerprint density at radius 1 is 1.38 bits per heavy atom. The quantitative estimate of drug-likeness (QED) is 0.855. The third-order valence-electron chi connectivity index (χ3n) is 4.41. The standard InChI is InChI=1S/C14H22N4O2S/c1-10(2)12-11(21-16-15-12)8-18-6-4-14(5-7-18)9-17(3)13(19)20-14/h10H,4-9H2,1-3H3. The molecule has 0 radical (unpaired) electrons. The lowest BCUT2D eigenvalue weighted by molar-refractivity contribution is -0.00104. The van der Waals surface area contributed by atoms with Gasteiger partial charge < -0.3 is 9.64 Å². The Hall–Kier alpha value is -1.21. The van der Waals surface area contributed by atoms with Crippen molar-refractivity contribution in [3.8, 4) is 0 Å². The maximum atomic E-state index is 11.6. The van der Waals surface area contributed by atoms with Gasteiger partial charge in [-0.15, -0.1) is 5.10 Å². The molecule has 2 aliphatic heterocycles. The van der Waals surface area contributed by atoms with Crippen molar-refractivity contribution in [1.82, 2.24) is 19.4 Å². The number of likely N-dealkylation sites (tertiary alicyclic amines) is 1. The molecule has 2 fully saturated rings. The lowest BCUT2D eigenvalue weighted by Crippen LogP contribution is -2.46.